The van der Waals surface area contributed by atoms with Crippen LogP contribution in [0.2, 0.25) is 0 Å². The van der Waals surface area contributed by atoms with E-state index in [1.165, 1.54) is 18.4 Å². The minimum Gasteiger partial charge on any atom is -0.497 e. The topological polar surface area (TPSA) is 42.0 Å². The number of ether oxygens (including phenoxy) is 2. The molecule has 172 valence electrons. The molecule has 1 atom stereocenters. The zero-order valence-corrected chi connectivity index (χ0v) is 19.5. The van der Waals surface area contributed by atoms with Gasteiger partial charge in [0.1, 0.15) is 11.5 Å². The van der Waals surface area contributed by atoms with Gasteiger partial charge in [-0.1, -0.05) is 30.3 Å². The number of piperidine rings is 2. The predicted octanol–water partition coefficient (Wildman–Crippen LogP) is 4.31. The Bertz CT molecular complexity index is 878. The minimum atomic E-state index is 0.0437. The average Bonchev–Trinajstić information content (AvgIpc) is 2.87. The van der Waals surface area contributed by atoms with Gasteiger partial charge in [0.15, 0.2) is 5.78 Å². The molecule has 5 nitrogen and oxygen atoms in total. The van der Waals surface area contributed by atoms with Gasteiger partial charge in [-0.05, 0) is 69.4 Å². The van der Waals surface area contributed by atoms with Gasteiger partial charge in [0.05, 0.1) is 19.8 Å². The maximum absolute atomic E-state index is 13.3. The number of hydrogen-bond donors (Lipinski definition) is 0. The molecule has 32 heavy (non-hydrogen) atoms. The monoisotopic (exact) mass is 436 g/mol. The predicted molar refractivity (Wildman–Crippen MR) is 128 cm³/mol. The molecule has 5 heteroatoms. The van der Waals surface area contributed by atoms with E-state index < -0.39 is 0 Å². The van der Waals surface area contributed by atoms with E-state index in [0.717, 1.165) is 52.0 Å². The molecule has 4 rings (SSSR count). The van der Waals surface area contributed by atoms with Crippen LogP contribution in [-0.4, -0.2) is 68.6 Å². The summed E-state index contributed by atoms with van der Waals surface area (Å²) >= 11 is 0. The first-order chi connectivity index (χ1) is 15.7. The van der Waals surface area contributed by atoms with Crippen molar-refractivity contribution in [1.29, 1.82) is 0 Å². The first-order valence-corrected chi connectivity index (χ1v) is 11.9. The molecule has 0 N–H and O–H groups in total. The molecule has 0 aliphatic carbocycles. The molecule has 0 aromatic heterocycles. The summed E-state index contributed by atoms with van der Waals surface area (Å²) in [5.41, 5.74) is 2.09. The van der Waals surface area contributed by atoms with Crippen molar-refractivity contribution < 1.29 is 14.3 Å². The number of hydrogen-bond acceptors (Lipinski definition) is 5. The van der Waals surface area contributed by atoms with Crippen LogP contribution in [0, 0.1) is 5.92 Å². The van der Waals surface area contributed by atoms with Crippen LogP contribution in [-0.2, 0) is 6.42 Å². The van der Waals surface area contributed by atoms with Gasteiger partial charge in [0, 0.05) is 31.1 Å². The summed E-state index contributed by atoms with van der Waals surface area (Å²) in [6, 6.07) is 16.9. The number of ketones is 1. The minimum absolute atomic E-state index is 0.0437. The van der Waals surface area contributed by atoms with E-state index in [1.807, 2.05) is 12.1 Å². The molecular formula is C27H36N2O3. The summed E-state index contributed by atoms with van der Waals surface area (Å²) < 4.78 is 10.8. The number of benzene rings is 2. The van der Waals surface area contributed by atoms with Crippen LogP contribution in [0.3, 0.4) is 0 Å². The summed E-state index contributed by atoms with van der Waals surface area (Å²) in [6.45, 7) is 5.41. The Hall–Kier alpha value is -2.37. The Balaban J connectivity index is 1.30. The molecule has 0 unspecified atom stereocenters. The number of methoxy groups -OCH3 is 2. The van der Waals surface area contributed by atoms with Crippen LogP contribution in [0.5, 0.6) is 11.5 Å². The number of Topliss-reactive ketones (excluding diaryl/α,β-unsaturated/α-hetero) is 1. The van der Waals surface area contributed by atoms with Crippen LogP contribution in [0.4, 0.5) is 0 Å². The second-order valence-electron chi connectivity index (χ2n) is 9.07. The molecule has 0 saturated carbocycles. The van der Waals surface area contributed by atoms with Gasteiger partial charge in [-0.15, -0.1) is 0 Å². The third-order valence-corrected chi connectivity index (χ3v) is 7.13. The molecule has 2 heterocycles. The van der Waals surface area contributed by atoms with E-state index in [9.17, 15) is 4.79 Å². The van der Waals surface area contributed by atoms with Crippen molar-refractivity contribution in [3.63, 3.8) is 0 Å². The lowest BCUT2D eigenvalue weighted by Gasteiger charge is -2.42. The number of carbonyl (C=O) groups excluding carboxylic acids is 1. The number of nitrogens with zero attached hydrogens (tertiary/aromatic N) is 2. The van der Waals surface area contributed by atoms with Crippen molar-refractivity contribution in [3.05, 3.63) is 59.7 Å². The van der Waals surface area contributed by atoms with Crippen LogP contribution < -0.4 is 9.47 Å². The molecule has 2 fully saturated rings. The number of likely N-dealkylation sites (tertiary alicyclic amines) is 2. The van der Waals surface area contributed by atoms with Crippen molar-refractivity contribution in [2.45, 2.75) is 38.1 Å². The summed E-state index contributed by atoms with van der Waals surface area (Å²) in [5, 5.41) is 0. The second kappa shape index (κ2) is 11.0. The third kappa shape index (κ3) is 5.51. The van der Waals surface area contributed by atoms with Gasteiger partial charge < -0.3 is 14.4 Å². The van der Waals surface area contributed by atoms with E-state index in [1.54, 1.807) is 20.3 Å². The SMILES string of the molecule is COc1ccc(C(=O)[C@@H]2CCCN(C3CCN(CCc4ccccc4)CC3)C2)c(OC)c1. The van der Waals surface area contributed by atoms with E-state index >= 15 is 0 Å². The molecule has 2 aliphatic rings. The van der Waals surface area contributed by atoms with Gasteiger partial charge in [0.25, 0.3) is 0 Å². The Morgan fingerprint density at radius 3 is 2.47 bits per heavy atom. The van der Waals surface area contributed by atoms with Crippen molar-refractivity contribution in [2.75, 3.05) is 46.9 Å². The lowest BCUT2D eigenvalue weighted by molar-refractivity contribution is 0.0596. The fourth-order valence-electron chi connectivity index (χ4n) is 5.21. The normalized spacial score (nSPS) is 20.8. The van der Waals surface area contributed by atoms with E-state index in [2.05, 4.69) is 40.1 Å². The summed E-state index contributed by atoms with van der Waals surface area (Å²) in [4.78, 5) is 18.5. The largest absolute Gasteiger partial charge is 0.497 e. The summed E-state index contributed by atoms with van der Waals surface area (Å²) in [6.07, 6.45) is 5.56. The van der Waals surface area contributed by atoms with Crippen molar-refractivity contribution in [2.24, 2.45) is 5.92 Å². The highest BCUT2D eigenvalue weighted by molar-refractivity contribution is 6.00. The van der Waals surface area contributed by atoms with Gasteiger partial charge >= 0.3 is 0 Å². The molecule has 2 aromatic carbocycles. The zero-order chi connectivity index (χ0) is 22.3. The maximum atomic E-state index is 13.3. The average molecular weight is 437 g/mol. The van der Waals surface area contributed by atoms with Crippen LogP contribution in [0.1, 0.15) is 41.6 Å². The molecule has 0 radical (unpaired) electrons. The molecule has 2 saturated heterocycles. The Morgan fingerprint density at radius 2 is 1.75 bits per heavy atom. The first kappa shape index (κ1) is 22.8. The van der Waals surface area contributed by atoms with E-state index in [-0.39, 0.29) is 11.7 Å². The molecular weight excluding hydrogens is 400 g/mol. The van der Waals surface area contributed by atoms with E-state index in [4.69, 9.17) is 9.47 Å². The fraction of sp³-hybridized carbons (Fsp3) is 0.519. The Morgan fingerprint density at radius 1 is 0.969 bits per heavy atom. The van der Waals surface area contributed by atoms with Crippen molar-refractivity contribution in [1.82, 2.24) is 9.80 Å². The number of carbonyl (C=O) groups is 1. The van der Waals surface area contributed by atoms with Gasteiger partial charge in [-0.3, -0.25) is 9.69 Å². The van der Waals surface area contributed by atoms with E-state index in [0.29, 0.717) is 23.1 Å². The summed E-state index contributed by atoms with van der Waals surface area (Å²) in [5.74, 6) is 1.57. The smallest absolute Gasteiger partial charge is 0.170 e. The second-order valence-corrected chi connectivity index (χ2v) is 9.07. The Kier molecular flexibility index (Phi) is 7.82. The molecule has 2 aliphatic heterocycles. The van der Waals surface area contributed by atoms with Gasteiger partial charge in [-0.25, -0.2) is 0 Å². The third-order valence-electron chi connectivity index (χ3n) is 7.13. The van der Waals surface area contributed by atoms with Gasteiger partial charge in [0.2, 0.25) is 0 Å². The van der Waals surface area contributed by atoms with Crippen molar-refractivity contribution in [3.8, 4) is 11.5 Å². The highest BCUT2D eigenvalue weighted by Gasteiger charge is 2.33. The summed E-state index contributed by atoms with van der Waals surface area (Å²) in [7, 11) is 3.24. The van der Waals surface area contributed by atoms with Crippen LogP contribution in [0.25, 0.3) is 0 Å². The standard InChI is InChI=1S/C27H36N2O3/c1-31-24-10-11-25(26(19-24)32-2)27(30)22-9-6-15-29(20-22)23-13-17-28(18-14-23)16-12-21-7-4-3-5-8-21/h3-5,7-8,10-11,19,22-23H,6,9,12-18,20H2,1-2H3/t22-/m1/s1. The highest BCUT2D eigenvalue weighted by Crippen LogP contribution is 2.31. The highest BCUT2D eigenvalue weighted by atomic mass is 16.5. The maximum Gasteiger partial charge on any atom is 0.170 e. The first-order valence-electron chi connectivity index (χ1n) is 11.9. The fourth-order valence-corrected chi connectivity index (χ4v) is 5.21. The van der Waals surface area contributed by atoms with Gasteiger partial charge in [-0.2, -0.15) is 0 Å². The number of rotatable bonds is 8. The lowest BCUT2D eigenvalue weighted by Crippen LogP contribution is -2.49. The van der Waals surface area contributed by atoms with Crippen LogP contribution in [0.15, 0.2) is 48.5 Å². The molecule has 0 bridgehead atoms. The van der Waals surface area contributed by atoms with Crippen molar-refractivity contribution >= 4 is 5.78 Å². The zero-order valence-electron chi connectivity index (χ0n) is 19.5. The quantitative estimate of drug-likeness (QED) is 0.577. The Labute approximate surface area is 192 Å². The molecule has 0 amide bonds. The molecule has 0 spiro atoms. The molecule has 2 aromatic rings. The van der Waals surface area contributed by atoms with Crippen LogP contribution >= 0.6 is 0 Å². The lowest BCUT2D eigenvalue weighted by atomic mass is 9.88.